The number of nitrogens with zero attached hydrogens (tertiary/aromatic N) is 2. The van der Waals surface area contributed by atoms with Crippen molar-refractivity contribution in [2.75, 3.05) is 17.3 Å². The molecule has 3 amide bonds. The number of anilines is 1. The highest BCUT2D eigenvalue weighted by Crippen LogP contribution is 2.44. The number of nitrogens with two attached hydrogens (primary N) is 1. The van der Waals surface area contributed by atoms with Gasteiger partial charge in [0, 0.05) is 11.3 Å². The summed E-state index contributed by atoms with van der Waals surface area (Å²) in [5.74, 6) is -1.72. The Morgan fingerprint density at radius 3 is 2.74 bits per heavy atom. The van der Waals surface area contributed by atoms with Crippen molar-refractivity contribution >= 4 is 69.0 Å². The van der Waals surface area contributed by atoms with Crippen LogP contribution in [0.2, 0.25) is 5.02 Å². The molecule has 1 aliphatic carbocycles. The van der Waals surface area contributed by atoms with Crippen LogP contribution in [0.3, 0.4) is 0 Å². The third kappa shape index (κ3) is 5.41. The number of thiophene rings is 1. The molecule has 35 heavy (non-hydrogen) atoms. The lowest BCUT2D eigenvalue weighted by molar-refractivity contribution is -0.759. The van der Waals surface area contributed by atoms with Crippen LogP contribution < -0.4 is 10.6 Å². The minimum absolute atomic E-state index is 0.00728. The Balaban J connectivity index is 1.65. The number of primary amides is 1. The summed E-state index contributed by atoms with van der Waals surface area (Å²) in [7, 11) is 0. The van der Waals surface area contributed by atoms with Gasteiger partial charge in [-0.15, -0.1) is 21.5 Å². The largest absolute Gasteiger partial charge is 0.416 e. The number of rotatable bonds is 8. The van der Waals surface area contributed by atoms with Crippen LogP contribution in [-0.2, 0) is 14.4 Å². The summed E-state index contributed by atoms with van der Waals surface area (Å²) in [6.07, 6.45) is 1.77. The maximum atomic E-state index is 14.3. The van der Waals surface area contributed by atoms with Crippen molar-refractivity contribution in [3.8, 4) is 0 Å². The number of hydrogen-bond acceptors (Lipinski definition) is 9. The van der Waals surface area contributed by atoms with Crippen LogP contribution in [0.4, 0.5) is 19.7 Å². The maximum Gasteiger partial charge on any atom is 0.372 e. The fourth-order valence-electron chi connectivity index (χ4n) is 3.66. The van der Waals surface area contributed by atoms with Crippen LogP contribution in [0.25, 0.3) is 11.3 Å². The Hall–Kier alpha value is -3.16. The molecule has 4 rings (SSSR count). The molecule has 1 atom stereocenters. The van der Waals surface area contributed by atoms with E-state index in [0.29, 0.717) is 9.78 Å². The van der Waals surface area contributed by atoms with Crippen LogP contribution in [0.5, 0.6) is 0 Å². The van der Waals surface area contributed by atoms with Crippen molar-refractivity contribution in [3.05, 3.63) is 61.0 Å². The van der Waals surface area contributed by atoms with Gasteiger partial charge in [0.15, 0.2) is 5.76 Å². The Morgan fingerprint density at radius 1 is 1.40 bits per heavy atom. The third-order valence-corrected chi connectivity index (χ3v) is 7.51. The summed E-state index contributed by atoms with van der Waals surface area (Å²) < 4.78 is 19.9. The Kier molecular flexibility index (Phi) is 7.28. The molecule has 0 saturated heterocycles. The lowest BCUT2D eigenvalue weighted by Gasteiger charge is -2.15. The van der Waals surface area contributed by atoms with E-state index in [2.05, 4.69) is 4.84 Å². The molecule has 2 heterocycles. The summed E-state index contributed by atoms with van der Waals surface area (Å²) in [5, 5.41) is 10.2. The number of fused-ring (bicyclic) bond motifs is 1. The van der Waals surface area contributed by atoms with E-state index in [0.717, 1.165) is 48.1 Å². The van der Waals surface area contributed by atoms with Crippen molar-refractivity contribution in [1.82, 2.24) is 0 Å². The number of urea groups is 1. The SMILES string of the molecule is NC(=O)N1C(=O)/C(=C(\OC(=O)SCC(CO[N+](=O)[O-])C2CC2)c2cccs2)c2cc(F)c(Cl)cc21. The molecule has 1 aromatic carbocycles. The summed E-state index contributed by atoms with van der Waals surface area (Å²) in [6, 6.07) is 4.21. The van der Waals surface area contributed by atoms with Gasteiger partial charge in [0.2, 0.25) is 0 Å². The second kappa shape index (κ2) is 10.2. The number of amides is 3. The Labute approximate surface area is 210 Å². The Morgan fingerprint density at radius 2 is 2.14 bits per heavy atom. The first-order valence-corrected chi connectivity index (χ1v) is 12.4. The lowest BCUT2D eigenvalue weighted by atomic mass is 10.0. The van der Waals surface area contributed by atoms with E-state index in [1.54, 1.807) is 17.5 Å². The minimum Gasteiger partial charge on any atom is -0.416 e. The lowest BCUT2D eigenvalue weighted by Crippen LogP contribution is -2.38. The number of carbonyl (C=O) groups excluding carboxylic acids is 3. The number of ether oxygens (including phenoxy) is 1. The summed E-state index contributed by atoms with van der Waals surface area (Å²) in [4.78, 5) is 54.0. The van der Waals surface area contributed by atoms with Gasteiger partial charge in [-0.05, 0) is 60.0 Å². The van der Waals surface area contributed by atoms with E-state index >= 15 is 0 Å². The van der Waals surface area contributed by atoms with Crippen molar-refractivity contribution in [3.63, 3.8) is 0 Å². The number of hydrogen-bond donors (Lipinski definition) is 1. The van der Waals surface area contributed by atoms with Gasteiger partial charge >= 0.3 is 11.3 Å². The zero-order valence-electron chi connectivity index (χ0n) is 17.8. The van der Waals surface area contributed by atoms with Gasteiger partial charge in [0.05, 0.1) is 21.2 Å². The third-order valence-electron chi connectivity index (χ3n) is 5.44. The fraction of sp³-hybridized carbons (Fsp3) is 0.286. The molecular formula is C21H17ClFN3O7S2. The highest BCUT2D eigenvalue weighted by atomic mass is 35.5. The van der Waals surface area contributed by atoms with E-state index in [9.17, 15) is 28.9 Å². The van der Waals surface area contributed by atoms with Crippen LogP contribution in [0.1, 0.15) is 23.3 Å². The average Bonchev–Trinajstić information content (AvgIpc) is 3.40. The summed E-state index contributed by atoms with van der Waals surface area (Å²) >= 11 is 7.79. The first kappa shape index (κ1) is 24.9. The molecule has 2 aliphatic rings. The molecule has 1 unspecified atom stereocenters. The normalized spacial score (nSPS) is 17.1. The van der Waals surface area contributed by atoms with Crippen molar-refractivity contribution in [2.24, 2.45) is 17.6 Å². The predicted octanol–water partition coefficient (Wildman–Crippen LogP) is 4.94. The van der Waals surface area contributed by atoms with Gasteiger partial charge in [-0.2, -0.15) is 0 Å². The van der Waals surface area contributed by atoms with Gasteiger partial charge in [-0.25, -0.2) is 18.9 Å². The zero-order valence-corrected chi connectivity index (χ0v) is 20.2. The van der Waals surface area contributed by atoms with E-state index in [1.165, 1.54) is 0 Å². The summed E-state index contributed by atoms with van der Waals surface area (Å²) in [5.41, 5.74) is 5.11. The van der Waals surface area contributed by atoms with Crippen molar-refractivity contribution in [2.45, 2.75) is 12.8 Å². The molecule has 1 fully saturated rings. The molecule has 1 saturated carbocycles. The molecule has 184 valence electrons. The molecule has 0 spiro atoms. The average molecular weight is 542 g/mol. The first-order valence-electron chi connectivity index (χ1n) is 10.2. The van der Waals surface area contributed by atoms with E-state index in [-0.39, 0.29) is 51.8 Å². The fourth-order valence-corrected chi connectivity index (χ4v) is 5.39. The number of thioether (sulfide) groups is 1. The van der Waals surface area contributed by atoms with Crippen LogP contribution in [0, 0.1) is 27.8 Å². The molecule has 0 radical (unpaired) electrons. The highest BCUT2D eigenvalue weighted by Gasteiger charge is 2.40. The second-order valence-electron chi connectivity index (χ2n) is 7.72. The monoisotopic (exact) mass is 541 g/mol. The molecule has 2 aromatic rings. The van der Waals surface area contributed by atoms with Crippen LogP contribution in [0.15, 0.2) is 29.6 Å². The number of benzene rings is 1. The van der Waals surface area contributed by atoms with Crippen molar-refractivity contribution < 1.29 is 33.4 Å². The maximum absolute atomic E-state index is 14.3. The highest BCUT2D eigenvalue weighted by molar-refractivity contribution is 8.13. The van der Waals surface area contributed by atoms with Gasteiger partial charge in [0.1, 0.15) is 12.4 Å². The van der Waals surface area contributed by atoms with E-state index < -0.39 is 28.1 Å². The Bertz CT molecular complexity index is 1230. The van der Waals surface area contributed by atoms with Crippen LogP contribution in [-0.4, -0.2) is 34.7 Å². The molecule has 2 N–H and O–H groups in total. The van der Waals surface area contributed by atoms with Gasteiger partial charge in [0.25, 0.3) is 11.0 Å². The topological polar surface area (TPSA) is 142 Å². The molecular weight excluding hydrogens is 525 g/mol. The van der Waals surface area contributed by atoms with Gasteiger partial charge < -0.3 is 15.3 Å². The number of halogens is 2. The van der Waals surface area contributed by atoms with E-state index in [1.807, 2.05) is 0 Å². The smallest absolute Gasteiger partial charge is 0.372 e. The quantitative estimate of drug-likeness (QED) is 0.163. The first-order chi connectivity index (χ1) is 16.7. The molecule has 10 nitrogen and oxygen atoms in total. The standard InChI is InChI=1S/C21H17ClFN3O7S2/c22-13-7-15-12(6-14(13)23)17(19(27)25(15)20(24)28)18(16-2-1-5-34-16)33-21(29)35-9-11(10-3-4-10)8-32-26(30)31/h1-2,5-7,10-11H,3-4,8-9H2,(H2,24,28)/b18-17-. The number of carbonyl (C=O) groups is 3. The van der Waals surface area contributed by atoms with Gasteiger partial charge in [-0.1, -0.05) is 17.7 Å². The second-order valence-corrected chi connectivity index (χ2v) is 10.0. The molecule has 1 aliphatic heterocycles. The van der Waals surface area contributed by atoms with E-state index in [4.69, 9.17) is 22.1 Å². The van der Waals surface area contributed by atoms with Gasteiger partial charge in [-0.3, -0.25) is 4.79 Å². The van der Waals surface area contributed by atoms with Crippen molar-refractivity contribution in [1.29, 1.82) is 0 Å². The minimum atomic E-state index is -1.11. The predicted molar refractivity (Wildman–Crippen MR) is 128 cm³/mol. The number of imide groups is 1. The van der Waals surface area contributed by atoms with Crippen LogP contribution >= 0.6 is 34.7 Å². The molecule has 1 aromatic heterocycles. The zero-order chi connectivity index (χ0) is 25.3. The molecule has 14 heteroatoms. The molecule has 0 bridgehead atoms. The summed E-state index contributed by atoms with van der Waals surface area (Å²) in [6.45, 7) is -0.143.